The summed E-state index contributed by atoms with van der Waals surface area (Å²) in [4.78, 5) is 19.6. The second-order valence-corrected chi connectivity index (χ2v) is 7.88. The number of H-pyrrole nitrogens is 1. The molecule has 0 atom stereocenters. The zero-order valence-corrected chi connectivity index (χ0v) is 14.9. The Labute approximate surface area is 153 Å². The highest BCUT2D eigenvalue weighted by Crippen LogP contribution is 2.23. The summed E-state index contributed by atoms with van der Waals surface area (Å²) >= 11 is 0. The van der Waals surface area contributed by atoms with Gasteiger partial charge in [0.15, 0.2) is 20.5 Å². The molecule has 2 heterocycles. The molecular weight excluding hydrogens is 371 g/mol. The van der Waals surface area contributed by atoms with E-state index in [1.54, 1.807) is 36.4 Å². The number of rotatable bonds is 3. The summed E-state index contributed by atoms with van der Waals surface area (Å²) in [6, 6.07) is 14.3. The number of nitrogens with zero attached hydrogens (tertiary/aromatic N) is 3. The predicted octanol–water partition coefficient (Wildman–Crippen LogP) is 2.32. The van der Waals surface area contributed by atoms with Gasteiger partial charge in [-0.1, -0.05) is 30.3 Å². The molecule has 0 aliphatic carbocycles. The molecule has 0 bridgehead atoms. The number of nitrogens with one attached hydrogen (secondary N) is 1. The topological polar surface area (TPSA) is 97.7 Å². The number of aromatic amines is 1. The molecule has 1 N–H and O–H groups in total. The SMILES string of the molecule is CS(=O)(=O)c1nn(-c2ccccc2)c2nc(-c3cccc(F)c3)[nH]c(=O)c12. The van der Waals surface area contributed by atoms with Crippen molar-refractivity contribution >= 4 is 20.9 Å². The summed E-state index contributed by atoms with van der Waals surface area (Å²) in [7, 11) is -3.78. The highest BCUT2D eigenvalue weighted by molar-refractivity contribution is 7.90. The lowest BCUT2D eigenvalue weighted by Gasteiger charge is -2.04. The quantitative estimate of drug-likeness (QED) is 0.585. The molecule has 7 nitrogen and oxygen atoms in total. The summed E-state index contributed by atoms with van der Waals surface area (Å²) in [5.74, 6) is -0.368. The van der Waals surface area contributed by atoms with E-state index in [2.05, 4.69) is 15.1 Å². The molecule has 27 heavy (non-hydrogen) atoms. The number of aromatic nitrogens is 4. The zero-order chi connectivity index (χ0) is 19.2. The Kier molecular flexibility index (Phi) is 3.88. The Hall–Kier alpha value is -3.33. The maximum absolute atomic E-state index is 13.6. The van der Waals surface area contributed by atoms with Crippen LogP contribution in [-0.2, 0) is 9.84 Å². The van der Waals surface area contributed by atoms with Gasteiger partial charge in [-0.15, -0.1) is 0 Å². The van der Waals surface area contributed by atoms with Crippen LogP contribution in [0.4, 0.5) is 4.39 Å². The maximum Gasteiger partial charge on any atom is 0.263 e. The number of para-hydroxylation sites is 1. The van der Waals surface area contributed by atoms with Crippen LogP contribution in [0.1, 0.15) is 0 Å². The lowest BCUT2D eigenvalue weighted by Crippen LogP contribution is -2.12. The van der Waals surface area contributed by atoms with E-state index in [9.17, 15) is 17.6 Å². The van der Waals surface area contributed by atoms with Gasteiger partial charge < -0.3 is 4.98 Å². The molecule has 0 spiro atoms. The highest BCUT2D eigenvalue weighted by Gasteiger charge is 2.24. The standard InChI is InChI=1S/C18H13FN4O3S/c1-27(25,26)18-14-16(23(22-18)13-8-3-2-4-9-13)20-15(21-17(14)24)11-6-5-7-12(19)10-11/h2-10H,1H3,(H,20,21,24). The molecule has 0 amide bonds. The summed E-state index contributed by atoms with van der Waals surface area (Å²) < 4.78 is 39.1. The molecule has 136 valence electrons. The number of halogens is 1. The van der Waals surface area contributed by atoms with Crippen molar-refractivity contribution in [1.29, 1.82) is 0 Å². The minimum atomic E-state index is -3.78. The van der Waals surface area contributed by atoms with Crippen LogP contribution in [0.2, 0.25) is 0 Å². The maximum atomic E-state index is 13.6. The third kappa shape index (κ3) is 3.02. The van der Waals surface area contributed by atoms with Crippen molar-refractivity contribution in [3.63, 3.8) is 0 Å². The van der Waals surface area contributed by atoms with Gasteiger partial charge in [0.25, 0.3) is 5.56 Å². The summed E-state index contributed by atoms with van der Waals surface area (Å²) in [6.07, 6.45) is 0.976. The van der Waals surface area contributed by atoms with Crippen molar-refractivity contribution in [3.8, 4) is 17.1 Å². The third-order valence-corrected chi connectivity index (χ3v) is 4.94. The predicted molar refractivity (Wildman–Crippen MR) is 98.0 cm³/mol. The molecule has 0 aliphatic rings. The first kappa shape index (κ1) is 17.1. The monoisotopic (exact) mass is 384 g/mol. The van der Waals surface area contributed by atoms with Crippen LogP contribution < -0.4 is 5.56 Å². The van der Waals surface area contributed by atoms with Crippen LogP contribution in [0, 0.1) is 5.82 Å². The minimum absolute atomic E-state index is 0.0737. The van der Waals surface area contributed by atoms with Gasteiger partial charge in [-0.2, -0.15) is 5.10 Å². The third-order valence-electron chi connectivity index (χ3n) is 3.96. The van der Waals surface area contributed by atoms with Gasteiger partial charge in [0.1, 0.15) is 17.0 Å². The highest BCUT2D eigenvalue weighted by atomic mass is 32.2. The van der Waals surface area contributed by atoms with Crippen molar-refractivity contribution < 1.29 is 12.8 Å². The number of benzene rings is 2. The summed E-state index contributed by atoms with van der Waals surface area (Å²) in [5.41, 5.74) is 0.308. The number of hydrogen-bond donors (Lipinski definition) is 1. The molecule has 0 saturated heterocycles. The molecule has 0 radical (unpaired) electrons. The van der Waals surface area contributed by atoms with E-state index in [-0.39, 0.29) is 21.9 Å². The molecule has 2 aromatic heterocycles. The fourth-order valence-corrected chi connectivity index (χ4v) is 3.56. The fourth-order valence-electron chi connectivity index (χ4n) is 2.78. The van der Waals surface area contributed by atoms with Gasteiger partial charge >= 0.3 is 0 Å². The second-order valence-electron chi connectivity index (χ2n) is 5.95. The first-order valence-electron chi connectivity index (χ1n) is 7.89. The van der Waals surface area contributed by atoms with E-state index in [0.29, 0.717) is 11.3 Å². The van der Waals surface area contributed by atoms with Gasteiger partial charge in [0.05, 0.1) is 5.69 Å². The number of hydrogen-bond acceptors (Lipinski definition) is 5. The van der Waals surface area contributed by atoms with Crippen LogP contribution in [0.5, 0.6) is 0 Å². The van der Waals surface area contributed by atoms with E-state index in [1.807, 2.05) is 0 Å². The van der Waals surface area contributed by atoms with Crippen molar-refractivity contribution in [1.82, 2.24) is 19.7 Å². The second kappa shape index (κ2) is 6.13. The molecule has 0 fully saturated rings. The first-order chi connectivity index (χ1) is 12.8. The smallest absolute Gasteiger partial charge is 0.263 e. The average molecular weight is 384 g/mol. The molecule has 2 aromatic carbocycles. The lowest BCUT2D eigenvalue weighted by atomic mass is 10.2. The van der Waals surface area contributed by atoms with Crippen molar-refractivity contribution in [2.75, 3.05) is 6.26 Å². The molecule has 4 rings (SSSR count). The summed E-state index contributed by atoms with van der Waals surface area (Å²) in [5, 5.41) is 3.62. The Bertz CT molecular complexity index is 1330. The normalized spacial score (nSPS) is 11.8. The summed E-state index contributed by atoms with van der Waals surface area (Å²) in [6.45, 7) is 0. The van der Waals surface area contributed by atoms with Crippen molar-refractivity contribution in [3.05, 3.63) is 70.8 Å². The Morgan fingerprint density at radius 3 is 2.48 bits per heavy atom. The van der Waals surface area contributed by atoms with Crippen LogP contribution >= 0.6 is 0 Å². The molecular formula is C18H13FN4O3S. The van der Waals surface area contributed by atoms with Gasteiger partial charge in [0.2, 0.25) is 0 Å². The van der Waals surface area contributed by atoms with Crippen molar-refractivity contribution in [2.45, 2.75) is 5.03 Å². The Balaban J connectivity index is 2.10. The van der Waals surface area contributed by atoms with Crippen LogP contribution in [0.25, 0.3) is 28.1 Å². The van der Waals surface area contributed by atoms with E-state index in [0.717, 1.165) is 6.26 Å². The van der Waals surface area contributed by atoms with Gasteiger partial charge in [-0.05, 0) is 24.3 Å². The molecule has 9 heteroatoms. The molecule has 0 unspecified atom stereocenters. The van der Waals surface area contributed by atoms with Crippen LogP contribution in [0.3, 0.4) is 0 Å². The Morgan fingerprint density at radius 2 is 1.81 bits per heavy atom. The van der Waals surface area contributed by atoms with E-state index >= 15 is 0 Å². The van der Waals surface area contributed by atoms with Crippen LogP contribution in [0.15, 0.2) is 64.4 Å². The minimum Gasteiger partial charge on any atom is -0.306 e. The van der Waals surface area contributed by atoms with Crippen molar-refractivity contribution in [2.24, 2.45) is 0 Å². The first-order valence-corrected chi connectivity index (χ1v) is 9.78. The molecule has 4 aromatic rings. The van der Waals surface area contributed by atoms with Gasteiger partial charge in [-0.3, -0.25) is 4.79 Å². The Morgan fingerprint density at radius 1 is 1.07 bits per heavy atom. The average Bonchev–Trinajstić information content (AvgIpc) is 3.03. The van der Waals surface area contributed by atoms with Gasteiger partial charge in [-0.25, -0.2) is 22.5 Å². The fraction of sp³-hybridized carbons (Fsp3) is 0.0556. The van der Waals surface area contributed by atoms with E-state index < -0.39 is 21.2 Å². The zero-order valence-electron chi connectivity index (χ0n) is 14.0. The van der Waals surface area contributed by atoms with Crippen LogP contribution in [-0.4, -0.2) is 34.4 Å². The lowest BCUT2D eigenvalue weighted by molar-refractivity contribution is 0.597. The number of fused-ring (bicyclic) bond motifs is 1. The van der Waals surface area contributed by atoms with E-state index in [1.165, 1.54) is 22.9 Å². The van der Waals surface area contributed by atoms with Gasteiger partial charge in [0, 0.05) is 11.8 Å². The van der Waals surface area contributed by atoms with E-state index in [4.69, 9.17) is 0 Å². The largest absolute Gasteiger partial charge is 0.306 e. The molecule has 0 aliphatic heterocycles. The number of sulfone groups is 1. The molecule has 0 saturated carbocycles.